The fourth-order valence-corrected chi connectivity index (χ4v) is 4.35. The molecule has 0 fully saturated rings. The summed E-state index contributed by atoms with van der Waals surface area (Å²) in [5.74, 6) is 2.10. The van der Waals surface area contributed by atoms with Crippen LogP contribution in [0.4, 0.5) is 0 Å². The number of methoxy groups -OCH3 is 1. The molecule has 5 rings (SSSR count). The number of aromatic nitrogens is 1. The first-order valence-electron chi connectivity index (χ1n) is 13.1. The van der Waals surface area contributed by atoms with Crippen LogP contribution in [0.5, 0.6) is 11.5 Å². The summed E-state index contributed by atoms with van der Waals surface area (Å²) in [6.45, 7) is 3.74. The van der Waals surface area contributed by atoms with Crippen molar-refractivity contribution in [2.24, 2.45) is 0 Å². The number of carbonyl (C=O) groups excluding carboxylic acids is 1. The maximum Gasteiger partial charge on any atom is 0.349 e. The number of esters is 1. The summed E-state index contributed by atoms with van der Waals surface area (Å²) in [7, 11) is 1.34. The Morgan fingerprint density at radius 3 is 1.90 bits per heavy atom. The second kappa shape index (κ2) is 11.9. The molecule has 0 amide bonds. The van der Waals surface area contributed by atoms with Crippen LogP contribution < -0.4 is 9.47 Å². The smallest absolute Gasteiger partial charge is 0.349 e. The van der Waals surface area contributed by atoms with Gasteiger partial charge in [-0.15, -0.1) is 0 Å². The van der Waals surface area contributed by atoms with Gasteiger partial charge in [0.05, 0.1) is 19.4 Å². The van der Waals surface area contributed by atoms with Gasteiger partial charge in [-0.1, -0.05) is 72.8 Å². The largest absolute Gasteiger partial charge is 0.493 e. The van der Waals surface area contributed by atoms with Gasteiger partial charge in [-0.3, -0.25) is 0 Å². The zero-order chi connectivity index (χ0) is 28.0. The summed E-state index contributed by atoms with van der Waals surface area (Å²) < 4.78 is 22.9. The van der Waals surface area contributed by atoms with Crippen molar-refractivity contribution in [3.8, 4) is 45.4 Å². The molecule has 0 radical (unpaired) electrons. The minimum atomic E-state index is -1.09. The van der Waals surface area contributed by atoms with E-state index in [4.69, 9.17) is 23.6 Å². The molecule has 40 heavy (non-hydrogen) atoms. The van der Waals surface area contributed by atoms with Crippen molar-refractivity contribution in [3.63, 3.8) is 0 Å². The topological polar surface area (TPSA) is 70.8 Å². The maximum atomic E-state index is 11.9. The van der Waals surface area contributed by atoms with Gasteiger partial charge in [0.1, 0.15) is 11.5 Å². The van der Waals surface area contributed by atoms with E-state index in [0.717, 1.165) is 33.7 Å². The second-order valence-electron chi connectivity index (χ2n) is 9.78. The van der Waals surface area contributed by atoms with Gasteiger partial charge in [0, 0.05) is 17.5 Å². The molecule has 0 aliphatic heterocycles. The predicted octanol–water partition coefficient (Wildman–Crippen LogP) is 7.63. The van der Waals surface area contributed by atoms with Gasteiger partial charge in [0.25, 0.3) is 0 Å². The summed E-state index contributed by atoms with van der Waals surface area (Å²) in [4.78, 5) is 16.8. The quantitative estimate of drug-likeness (QED) is 0.172. The molecule has 0 aliphatic carbocycles. The van der Waals surface area contributed by atoms with Crippen LogP contribution in [0.3, 0.4) is 0 Å². The van der Waals surface area contributed by atoms with Crippen LogP contribution in [-0.4, -0.2) is 30.3 Å². The molecule has 4 aromatic carbocycles. The maximum absolute atomic E-state index is 11.9. The van der Waals surface area contributed by atoms with E-state index in [9.17, 15) is 4.79 Å². The summed E-state index contributed by atoms with van der Waals surface area (Å²) in [5.41, 5.74) is 3.92. The lowest BCUT2D eigenvalue weighted by molar-refractivity contribution is -0.156. The van der Waals surface area contributed by atoms with E-state index >= 15 is 0 Å². The fourth-order valence-electron chi connectivity index (χ4n) is 4.35. The highest BCUT2D eigenvalue weighted by atomic mass is 16.6. The van der Waals surface area contributed by atoms with Crippen molar-refractivity contribution in [2.45, 2.75) is 25.9 Å². The highest BCUT2D eigenvalue weighted by molar-refractivity contribution is 5.78. The molecule has 0 aliphatic rings. The molecule has 0 N–H and O–H groups in total. The van der Waals surface area contributed by atoms with Crippen LogP contribution in [-0.2, 0) is 16.0 Å². The van der Waals surface area contributed by atoms with Crippen molar-refractivity contribution < 1.29 is 23.4 Å². The summed E-state index contributed by atoms with van der Waals surface area (Å²) >= 11 is 0. The average molecular weight is 534 g/mol. The summed E-state index contributed by atoms with van der Waals surface area (Å²) in [5, 5.41) is 0. The van der Waals surface area contributed by atoms with E-state index in [1.807, 2.05) is 72.8 Å². The molecular formula is C34H31NO5. The molecule has 5 aromatic rings. The molecule has 0 saturated heterocycles. The lowest BCUT2D eigenvalue weighted by atomic mass is 10.0. The Morgan fingerprint density at radius 2 is 1.27 bits per heavy atom. The molecule has 202 valence electrons. The van der Waals surface area contributed by atoms with E-state index < -0.39 is 11.6 Å². The third-order valence-corrected chi connectivity index (χ3v) is 6.45. The molecule has 6 nitrogen and oxygen atoms in total. The highest BCUT2D eigenvalue weighted by Crippen LogP contribution is 2.32. The number of hydrogen-bond donors (Lipinski definition) is 0. The van der Waals surface area contributed by atoms with Crippen LogP contribution in [0, 0.1) is 0 Å². The summed E-state index contributed by atoms with van der Waals surface area (Å²) in [6, 6.07) is 35.6. The summed E-state index contributed by atoms with van der Waals surface area (Å²) in [6.07, 6.45) is 0.559. The van der Waals surface area contributed by atoms with Crippen molar-refractivity contribution in [1.82, 2.24) is 4.98 Å². The molecule has 1 aromatic heterocycles. The van der Waals surface area contributed by atoms with E-state index in [1.165, 1.54) is 7.11 Å². The van der Waals surface area contributed by atoms with Gasteiger partial charge in [-0.25, -0.2) is 9.78 Å². The van der Waals surface area contributed by atoms with Crippen LogP contribution >= 0.6 is 0 Å². The first kappa shape index (κ1) is 26.8. The Morgan fingerprint density at radius 1 is 0.725 bits per heavy atom. The standard InChI is InChI=1S/C34H31NO5/c1-34(2,33(36)37-3)40-29-20-18-28(19-21-29)38-23-22-30-31(26-12-8-5-9-13-26)39-32(35-30)27-16-14-25(15-17-27)24-10-6-4-7-11-24/h4-21H,22-23H2,1-3H3. The molecule has 6 heteroatoms. The number of nitrogens with zero attached hydrogens (tertiary/aromatic N) is 1. The van der Waals surface area contributed by atoms with Crippen molar-refractivity contribution >= 4 is 5.97 Å². The van der Waals surface area contributed by atoms with Gasteiger partial charge in [0.15, 0.2) is 11.4 Å². The van der Waals surface area contributed by atoms with E-state index in [1.54, 1.807) is 26.0 Å². The van der Waals surface area contributed by atoms with Gasteiger partial charge >= 0.3 is 5.97 Å². The first-order chi connectivity index (χ1) is 19.4. The minimum absolute atomic E-state index is 0.409. The lowest BCUT2D eigenvalue weighted by Gasteiger charge is -2.23. The fraction of sp³-hybridized carbons (Fsp3) is 0.176. The number of oxazole rings is 1. The molecule has 0 saturated carbocycles. The Hall–Kier alpha value is -4.84. The van der Waals surface area contributed by atoms with E-state index in [-0.39, 0.29) is 0 Å². The Balaban J connectivity index is 1.29. The Labute approximate surface area is 234 Å². The van der Waals surface area contributed by atoms with Gasteiger partial charge < -0.3 is 18.6 Å². The van der Waals surface area contributed by atoms with Gasteiger partial charge in [-0.05, 0) is 61.4 Å². The first-order valence-corrected chi connectivity index (χ1v) is 13.1. The zero-order valence-electron chi connectivity index (χ0n) is 22.8. The zero-order valence-corrected chi connectivity index (χ0v) is 22.8. The third-order valence-electron chi connectivity index (χ3n) is 6.45. The third kappa shape index (κ3) is 6.24. The Kier molecular flexibility index (Phi) is 7.97. The van der Waals surface area contributed by atoms with Crippen LogP contribution in [0.1, 0.15) is 19.5 Å². The number of rotatable bonds is 10. The van der Waals surface area contributed by atoms with Crippen molar-refractivity contribution in [1.29, 1.82) is 0 Å². The van der Waals surface area contributed by atoms with Crippen molar-refractivity contribution in [2.75, 3.05) is 13.7 Å². The van der Waals surface area contributed by atoms with Crippen LogP contribution in [0.15, 0.2) is 114 Å². The molecule has 1 heterocycles. The monoisotopic (exact) mass is 533 g/mol. The number of ether oxygens (including phenoxy) is 3. The van der Waals surface area contributed by atoms with Gasteiger partial charge in [0.2, 0.25) is 5.89 Å². The number of hydrogen-bond acceptors (Lipinski definition) is 6. The SMILES string of the molecule is COC(=O)C(C)(C)Oc1ccc(OCCc2nc(-c3ccc(-c4ccccc4)cc3)oc2-c2ccccc2)cc1. The Bertz CT molecular complexity index is 1540. The predicted molar refractivity (Wildman–Crippen MR) is 155 cm³/mol. The molecule has 0 bridgehead atoms. The van der Waals surface area contributed by atoms with E-state index in [0.29, 0.717) is 30.4 Å². The normalized spacial score (nSPS) is 11.2. The second-order valence-corrected chi connectivity index (χ2v) is 9.78. The minimum Gasteiger partial charge on any atom is -0.493 e. The highest BCUT2D eigenvalue weighted by Gasteiger charge is 2.31. The van der Waals surface area contributed by atoms with Gasteiger partial charge in [-0.2, -0.15) is 0 Å². The molecule has 0 spiro atoms. The lowest BCUT2D eigenvalue weighted by Crippen LogP contribution is -2.39. The molecule has 0 atom stereocenters. The molecular weight excluding hydrogens is 502 g/mol. The van der Waals surface area contributed by atoms with Crippen molar-refractivity contribution in [3.05, 3.63) is 115 Å². The van der Waals surface area contributed by atoms with E-state index in [2.05, 4.69) is 24.3 Å². The van der Waals surface area contributed by atoms with Crippen LogP contribution in [0.2, 0.25) is 0 Å². The molecule has 0 unspecified atom stereocenters. The number of benzene rings is 4. The van der Waals surface area contributed by atoms with Crippen LogP contribution in [0.25, 0.3) is 33.9 Å². The number of carbonyl (C=O) groups is 1. The average Bonchev–Trinajstić information content (AvgIpc) is 3.42.